The summed E-state index contributed by atoms with van der Waals surface area (Å²) in [6.45, 7) is 0. The minimum Gasteiger partial charge on any atom is -0.308 e. The summed E-state index contributed by atoms with van der Waals surface area (Å²) in [4.78, 5) is 10.5. The van der Waals surface area contributed by atoms with Crippen LogP contribution in [0.5, 0.6) is 0 Å². The van der Waals surface area contributed by atoms with Gasteiger partial charge in [0, 0.05) is 33.0 Å². The molecule has 4 heteroatoms. The Hall–Kier alpha value is -6.26. The normalized spacial score (nSPS) is 11.9. The predicted octanol–water partition coefficient (Wildman–Crippen LogP) is 10.6. The molecule has 0 spiro atoms. The topological polar surface area (TPSA) is 35.1 Å². The van der Waals surface area contributed by atoms with Crippen molar-refractivity contribution in [2.24, 2.45) is 0 Å². The van der Waals surface area contributed by atoms with E-state index in [0.717, 1.165) is 55.8 Å². The first-order chi connectivity index (χ1) is 22.8. The molecule has 0 unspecified atom stereocenters. The molecular formula is C42H26N4. The Balaban J connectivity index is 1.34. The molecule has 0 aliphatic heterocycles. The molecule has 46 heavy (non-hydrogen) atoms. The largest absolute Gasteiger partial charge is 0.308 e. The molecule has 0 saturated heterocycles. The molecule has 214 valence electrons. The third-order valence-electron chi connectivity index (χ3n) is 9.26. The fourth-order valence-corrected chi connectivity index (χ4v) is 7.27. The van der Waals surface area contributed by atoms with Crippen LogP contribution < -0.4 is 0 Å². The highest BCUT2D eigenvalue weighted by Crippen LogP contribution is 2.40. The first-order valence-electron chi connectivity index (χ1n) is 15.6. The van der Waals surface area contributed by atoms with E-state index < -0.39 is 0 Å². The molecule has 0 atom stereocenters. The van der Waals surface area contributed by atoms with Gasteiger partial charge in [0.05, 0.1) is 50.0 Å². The lowest BCUT2D eigenvalue weighted by molar-refractivity contribution is 1.16. The fraction of sp³-hybridized carbons (Fsp3) is 0. The molecule has 10 rings (SSSR count). The van der Waals surface area contributed by atoms with Crippen molar-refractivity contribution >= 4 is 60.2 Å². The standard InChI is InChI=1S/C42H26N4/c1-3-12-28(13-4-1)40-41(29-14-5-2-6-15-29)44-34-26-30(23-25-33(34)43-40)45-36-19-9-10-20-37(36)46-35-18-8-7-17-31(35)32-24-22-27-16-11-21-38(45)39(27)42(32)46/h1-26H. The Morgan fingerprint density at radius 3 is 1.80 bits per heavy atom. The van der Waals surface area contributed by atoms with Gasteiger partial charge in [0.2, 0.25) is 0 Å². The number of benzene rings is 7. The summed E-state index contributed by atoms with van der Waals surface area (Å²) in [5, 5.41) is 4.98. The van der Waals surface area contributed by atoms with Crippen molar-refractivity contribution in [2.75, 3.05) is 0 Å². The van der Waals surface area contributed by atoms with Crippen LogP contribution in [-0.2, 0) is 0 Å². The van der Waals surface area contributed by atoms with Crippen LogP contribution >= 0.6 is 0 Å². The molecule has 0 bridgehead atoms. The average molecular weight is 587 g/mol. The molecule has 0 N–H and O–H groups in total. The van der Waals surface area contributed by atoms with Gasteiger partial charge in [-0.1, -0.05) is 115 Å². The van der Waals surface area contributed by atoms with E-state index in [1.165, 1.54) is 32.6 Å². The van der Waals surface area contributed by atoms with Gasteiger partial charge in [0.25, 0.3) is 0 Å². The summed E-state index contributed by atoms with van der Waals surface area (Å²) in [6.07, 6.45) is 0. The second-order valence-electron chi connectivity index (χ2n) is 11.8. The maximum absolute atomic E-state index is 5.32. The Morgan fingerprint density at radius 1 is 0.413 bits per heavy atom. The zero-order valence-electron chi connectivity index (χ0n) is 24.8. The monoisotopic (exact) mass is 586 g/mol. The van der Waals surface area contributed by atoms with Crippen LogP contribution in [0.15, 0.2) is 158 Å². The number of rotatable bonds is 3. The molecule has 4 nitrogen and oxygen atoms in total. The summed E-state index contributed by atoms with van der Waals surface area (Å²) in [6, 6.07) is 55.8. The van der Waals surface area contributed by atoms with E-state index in [1.807, 2.05) is 12.1 Å². The van der Waals surface area contributed by atoms with Crippen LogP contribution in [0.1, 0.15) is 0 Å². The minimum atomic E-state index is 0.855. The Morgan fingerprint density at radius 2 is 1.04 bits per heavy atom. The van der Waals surface area contributed by atoms with E-state index in [2.05, 4.69) is 155 Å². The van der Waals surface area contributed by atoms with Crippen molar-refractivity contribution in [3.8, 4) is 28.2 Å². The SMILES string of the molecule is c1ccc(-c2nc3ccc(-n4c5cccc6ccc7c8ccccc8n(c8ccccc84)c7c65)cc3nc2-c2ccccc2)cc1. The first-order valence-corrected chi connectivity index (χ1v) is 15.6. The molecule has 0 radical (unpaired) electrons. The molecule has 0 saturated carbocycles. The van der Waals surface area contributed by atoms with Crippen molar-refractivity contribution in [1.82, 2.24) is 18.9 Å². The van der Waals surface area contributed by atoms with Crippen LogP contribution in [0.2, 0.25) is 0 Å². The Kier molecular flexibility index (Phi) is 5.25. The van der Waals surface area contributed by atoms with Crippen molar-refractivity contribution in [1.29, 1.82) is 0 Å². The van der Waals surface area contributed by atoms with Crippen LogP contribution in [0.4, 0.5) is 0 Å². The summed E-state index contributed by atoms with van der Waals surface area (Å²) < 4.78 is 4.85. The van der Waals surface area contributed by atoms with E-state index in [1.54, 1.807) is 0 Å². The quantitative estimate of drug-likeness (QED) is 0.206. The third kappa shape index (κ3) is 3.55. The molecule has 7 aromatic carbocycles. The number of nitrogens with zero attached hydrogens (tertiary/aromatic N) is 4. The smallest absolute Gasteiger partial charge is 0.0973 e. The van der Waals surface area contributed by atoms with Gasteiger partial charge in [-0.15, -0.1) is 0 Å². The summed E-state index contributed by atoms with van der Waals surface area (Å²) in [5.41, 5.74) is 12.5. The average Bonchev–Trinajstić information content (AvgIpc) is 3.40. The molecule has 0 aliphatic rings. The van der Waals surface area contributed by atoms with Crippen molar-refractivity contribution in [3.63, 3.8) is 0 Å². The number of hydrogen-bond donors (Lipinski definition) is 0. The molecule has 0 aliphatic carbocycles. The minimum absolute atomic E-state index is 0.855. The number of hydrogen-bond acceptors (Lipinski definition) is 2. The molecule has 0 amide bonds. The zero-order chi connectivity index (χ0) is 30.2. The lowest BCUT2D eigenvalue weighted by Crippen LogP contribution is -2.00. The van der Waals surface area contributed by atoms with E-state index in [9.17, 15) is 0 Å². The van der Waals surface area contributed by atoms with Gasteiger partial charge in [-0.25, -0.2) is 9.97 Å². The number of aromatic nitrogens is 4. The zero-order valence-corrected chi connectivity index (χ0v) is 24.8. The molecule has 3 heterocycles. The second-order valence-corrected chi connectivity index (χ2v) is 11.8. The van der Waals surface area contributed by atoms with Gasteiger partial charge in [-0.2, -0.15) is 0 Å². The summed E-state index contributed by atoms with van der Waals surface area (Å²) in [7, 11) is 0. The first kappa shape index (κ1) is 25.1. The third-order valence-corrected chi connectivity index (χ3v) is 9.26. The van der Waals surface area contributed by atoms with Crippen LogP contribution in [0, 0.1) is 0 Å². The van der Waals surface area contributed by atoms with E-state index in [0.29, 0.717) is 0 Å². The number of para-hydroxylation sites is 3. The summed E-state index contributed by atoms with van der Waals surface area (Å²) in [5.74, 6) is 0. The van der Waals surface area contributed by atoms with Crippen LogP contribution in [0.25, 0.3) is 88.4 Å². The van der Waals surface area contributed by atoms with Gasteiger partial charge in [-0.3, -0.25) is 0 Å². The molecule has 3 aromatic heterocycles. The highest BCUT2D eigenvalue weighted by molar-refractivity contribution is 6.23. The van der Waals surface area contributed by atoms with Crippen molar-refractivity contribution in [3.05, 3.63) is 158 Å². The van der Waals surface area contributed by atoms with Crippen LogP contribution in [0.3, 0.4) is 0 Å². The highest BCUT2D eigenvalue weighted by Gasteiger charge is 2.19. The maximum Gasteiger partial charge on any atom is 0.0973 e. The lowest BCUT2D eigenvalue weighted by atomic mass is 10.0. The van der Waals surface area contributed by atoms with Gasteiger partial charge >= 0.3 is 0 Å². The van der Waals surface area contributed by atoms with E-state index >= 15 is 0 Å². The van der Waals surface area contributed by atoms with E-state index in [-0.39, 0.29) is 0 Å². The van der Waals surface area contributed by atoms with Gasteiger partial charge in [0.1, 0.15) is 0 Å². The summed E-state index contributed by atoms with van der Waals surface area (Å²) >= 11 is 0. The van der Waals surface area contributed by atoms with Crippen LogP contribution in [-0.4, -0.2) is 18.9 Å². The highest BCUT2D eigenvalue weighted by atomic mass is 15.0. The maximum atomic E-state index is 5.32. The second kappa shape index (κ2) is 9.62. The fourth-order valence-electron chi connectivity index (χ4n) is 7.27. The number of fused-ring (bicyclic) bond motifs is 6. The Bertz CT molecular complexity index is 2780. The van der Waals surface area contributed by atoms with Gasteiger partial charge < -0.3 is 8.97 Å². The van der Waals surface area contributed by atoms with Crippen molar-refractivity contribution in [2.45, 2.75) is 0 Å². The van der Waals surface area contributed by atoms with Gasteiger partial charge in [-0.05, 0) is 47.9 Å². The molecule has 10 aromatic rings. The lowest BCUT2D eigenvalue weighted by Gasteiger charge is -2.15. The van der Waals surface area contributed by atoms with Gasteiger partial charge in [0.15, 0.2) is 0 Å². The van der Waals surface area contributed by atoms with Crippen molar-refractivity contribution < 1.29 is 0 Å². The molecular weight excluding hydrogens is 560 g/mol. The molecule has 0 fully saturated rings. The Labute approximate surface area is 264 Å². The van der Waals surface area contributed by atoms with E-state index in [4.69, 9.17) is 9.97 Å². The predicted molar refractivity (Wildman–Crippen MR) is 191 cm³/mol.